The fraction of sp³-hybridized carbons (Fsp3) is 0.500. The van der Waals surface area contributed by atoms with E-state index in [-0.39, 0.29) is 30.0 Å². The van der Waals surface area contributed by atoms with Crippen LogP contribution in [0, 0.1) is 0 Å². The van der Waals surface area contributed by atoms with Crippen LogP contribution in [-0.2, 0) is 14.6 Å². The molecule has 1 aliphatic heterocycles. The van der Waals surface area contributed by atoms with Crippen molar-refractivity contribution < 1.29 is 13.2 Å². The van der Waals surface area contributed by atoms with E-state index in [2.05, 4.69) is 5.32 Å². The van der Waals surface area contributed by atoms with E-state index < -0.39 is 9.84 Å². The molecule has 1 aromatic rings. The molecule has 1 unspecified atom stereocenters. The number of nitrogens with one attached hydrogen (secondary N) is 1. The Morgan fingerprint density at radius 1 is 1.38 bits per heavy atom. The molecule has 1 aromatic carbocycles. The van der Waals surface area contributed by atoms with Gasteiger partial charge in [0.05, 0.1) is 18.1 Å². The maximum Gasteiger partial charge on any atom is 0.242 e. The molecule has 21 heavy (non-hydrogen) atoms. The number of sulfone groups is 1. The monoisotopic (exact) mass is 330 g/mol. The van der Waals surface area contributed by atoms with Gasteiger partial charge in [0.25, 0.3) is 0 Å². The Kier molecular flexibility index (Phi) is 5.11. The third kappa shape index (κ3) is 4.35. The predicted molar refractivity (Wildman–Crippen MR) is 84.4 cm³/mol. The normalized spacial score (nSPS) is 20.2. The van der Waals surface area contributed by atoms with Crippen molar-refractivity contribution in [3.63, 3.8) is 0 Å². The Labute approximate surface area is 130 Å². The van der Waals surface area contributed by atoms with Gasteiger partial charge in [-0.2, -0.15) is 0 Å². The molecule has 1 N–H and O–H groups in total. The quantitative estimate of drug-likeness (QED) is 0.893. The van der Waals surface area contributed by atoms with E-state index in [1.807, 2.05) is 6.92 Å². The number of hydrogen-bond acceptors (Lipinski definition) is 4. The number of hydrogen-bond donors (Lipinski definition) is 1. The molecule has 7 heteroatoms. The number of nitrogens with zero attached hydrogens (tertiary/aromatic N) is 1. The second-order valence-corrected chi connectivity index (χ2v) is 7.76. The molecule has 1 aliphatic rings. The Morgan fingerprint density at radius 3 is 2.57 bits per heavy atom. The topological polar surface area (TPSA) is 66.5 Å². The number of carbonyl (C=O) groups is 1. The van der Waals surface area contributed by atoms with Crippen molar-refractivity contribution >= 4 is 33.0 Å². The largest absolute Gasteiger partial charge is 0.376 e. The summed E-state index contributed by atoms with van der Waals surface area (Å²) in [4.78, 5) is 13.9. The second-order valence-electron chi connectivity index (χ2n) is 5.10. The first-order valence-electron chi connectivity index (χ1n) is 6.90. The molecule has 1 saturated heterocycles. The first kappa shape index (κ1) is 16.1. The minimum absolute atomic E-state index is 0.0769. The SMILES string of the molecule is CCN(C(=O)CNc1ccc(Cl)cc1)C1CCS(=O)(=O)C1. The Balaban J connectivity index is 1.93. The highest BCUT2D eigenvalue weighted by Crippen LogP contribution is 2.18. The van der Waals surface area contributed by atoms with E-state index in [1.165, 1.54) is 0 Å². The Hall–Kier alpha value is -1.27. The average Bonchev–Trinajstić information content (AvgIpc) is 2.79. The zero-order valence-corrected chi connectivity index (χ0v) is 13.5. The van der Waals surface area contributed by atoms with Gasteiger partial charge in [-0.3, -0.25) is 4.79 Å². The lowest BCUT2D eigenvalue weighted by atomic mass is 10.2. The molecule has 2 rings (SSSR count). The van der Waals surface area contributed by atoms with Gasteiger partial charge in [-0.15, -0.1) is 0 Å². The molecule has 1 atom stereocenters. The molecule has 0 spiro atoms. The third-order valence-corrected chi connectivity index (χ3v) is 5.60. The summed E-state index contributed by atoms with van der Waals surface area (Å²) < 4.78 is 23.1. The van der Waals surface area contributed by atoms with Crippen LogP contribution in [0.2, 0.25) is 5.02 Å². The van der Waals surface area contributed by atoms with Gasteiger partial charge in [0, 0.05) is 23.3 Å². The van der Waals surface area contributed by atoms with Crippen molar-refractivity contribution in [1.82, 2.24) is 4.90 Å². The van der Waals surface area contributed by atoms with Crippen LogP contribution in [0.3, 0.4) is 0 Å². The van der Waals surface area contributed by atoms with E-state index in [4.69, 9.17) is 11.6 Å². The van der Waals surface area contributed by atoms with Gasteiger partial charge in [-0.05, 0) is 37.6 Å². The van der Waals surface area contributed by atoms with Crippen LogP contribution < -0.4 is 5.32 Å². The molecule has 116 valence electrons. The van der Waals surface area contributed by atoms with E-state index in [1.54, 1.807) is 29.2 Å². The van der Waals surface area contributed by atoms with Crippen molar-refractivity contribution in [1.29, 1.82) is 0 Å². The molecule has 0 radical (unpaired) electrons. The molecule has 0 aliphatic carbocycles. The summed E-state index contributed by atoms with van der Waals surface area (Å²) in [5.41, 5.74) is 0.808. The molecule has 5 nitrogen and oxygen atoms in total. The lowest BCUT2D eigenvalue weighted by Crippen LogP contribution is -2.43. The summed E-state index contributed by atoms with van der Waals surface area (Å²) >= 11 is 5.80. The van der Waals surface area contributed by atoms with Crippen molar-refractivity contribution in [2.24, 2.45) is 0 Å². The molecule has 1 heterocycles. The predicted octanol–water partition coefficient (Wildman–Crippen LogP) is 1.79. The van der Waals surface area contributed by atoms with E-state index in [9.17, 15) is 13.2 Å². The Morgan fingerprint density at radius 2 is 2.05 bits per heavy atom. The van der Waals surface area contributed by atoms with Crippen molar-refractivity contribution in [3.05, 3.63) is 29.3 Å². The summed E-state index contributed by atoms with van der Waals surface area (Å²) in [5.74, 6) is 0.161. The van der Waals surface area contributed by atoms with Crippen LogP contribution in [0.1, 0.15) is 13.3 Å². The summed E-state index contributed by atoms with van der Waals surface area (Å²) in [7, 11) is -2.98. The number of likely N-dealkylation sites (N-methyl/N-ethyl adjacent to an activating group) is 1. The van der Waals surface area contributed by atoms with E-state index in [0.717, 1.165) is 5.69 Å². The van der Waals surface area contributed by atoms with E-state index in [0.29, 0.717) is 18.0 Å². The van der Waals surface area contributed by atoms with Crippen LogP contribution in [0.25, 0.3) is 0 Å². The lowest BCUT2D eigenvalue weighted by Gasteiger charge is -2.27. The molecule has 0 bridgehead atoms. The van der Waals surface area contributed by atoms with Gasteiger partial charge < -0.3 is 10.2 Å². The molecular formula is C14H19ClN2O3S. The number of anilines is 1. The number of carbonyl (C=O) groups excluding carboxylic acids is 1. The van der Waals surface area contributed by atoms with Crippen LogP contribution in [0.5, 0.6) is 0 Å². The second kappa shape index (κ2) is 6.66. The summed E-state index contributed by atoms with van der Waals surface area (Å²) in [6.07, 6.45) is 0.531. The minimum atomic E-state index is -2.98. The highest BCUT2D eigenvalue weighted by molar-refractivity contribution is 7.91. The van der Waals surface area contributed by atoms with Crippen LogP contribution in [0.4, 0.5) is 5.69 Å². The summed E-state index contributed by atoms with van der Waals surface area (Å²) in [6.45, 7) is 2.53. The third-order valence-electron chi connectivity index (χ3n) is 3.60. The molecular weight excluding hydrogens is 312 g/mol. The maximum atomic E-state index is 12.3. The van der Waals surface area contributed by atoms with Gasteiger partial charge in [0.2, 0.25) is 5.91 Å². The van der Waals surface area contributed by atoms with Gasteiger partial charge in [-0.25, -0.2) is 8.42 Å². The smallest absolute Gasteiger partial charge is 0.242 e. The van der Waals surface area contributed by atoms with Crippen molar-refractivity contribution in [2.45, 2.75) is 19.4 Å². The maximum absolute atomic E-state index is 12.3. The first-order chi connectivity index (χ1) is 9.91. The highest BCUT2D eigenvalue weighted by atomic mass is 35.5. The number of halogens is 1. The first-order valence-corrected chi connectivity index (χ1v) is 9.10. The van der Waals surface area contributed by atoms with Gasteiger partial charge in [-0.1, -0.05) is 11.6 Å². The summed E-state index contributed by atoms with van der Waals surface area (Å²) in [6, 6.07) is 6.89. The average molecular weight is 331 g/mol. The van der Waals surface area contributed by atoms with Gasteiger partial charge in [0.15, 0.2) is 9.84 Å². The Bertz CT molecular complexity index is 601. The summed E-state index contributed by atoms with van der Waals surface area (Å²) in [5, 5.41) is 3.67. The van der Waals surface area contributed by atoms with Crippen molar-refractivity contribution in [3.8, 4) is 0 Å². The van der Waals surface area contributed by atoms with Crippen LogP contribution in [0.15, 0.2) is 24.3 Å². The molecule has 0 saturated carbocycles. The molecule has 1 fully saturated rings. The lowest BCUT2D eigenvalue weighted by molar-refractivity contribution is -0.130. The highest BCUT2D eigenvalue weighted by Gasteiger charge is 2.33. The van der Waals surface area contributed by atoms with Gasteiger partial charge in [0.1, 0.15) is 0 Å². The fourth-order valence-electron chi connectivity index (χ4n) is 2.51. The van der Waals surface area contributed by atoms with Crippen LogP contribution >= 0.6 is 11.6 Å². The van der Waals surface area contributed by atoms with E-state index >= 15 is 0 Å². The number of rotatable bonds is 5. The molecule has 0 aromatic heterocycles. The zero-order chi connectivity index (χ0) is 15.5. The van der Waals surface area contributed by atoms with Gasteiger partial charge >= 0.3 is 0 Å². The standard InChI is InChI=1S/C14H19ClN2O3S/c1-2-17(13-7-8-21(19,20)10-13)14(18)9-16-12-5-3-11(15)4-6-12/h3-6,13,16H,2,7-10H2,1H3. The zero-order valence-electron chi connectivity index (χ0n) is 11.9. The van der Waals surface area contributed by atoms with Crippen molar-refractivity contribution in [2.75, 3.05) is 29.9 Å². The minimum Gasteiger partial charge on any atom is -0.376 e. The van der Waals surface area contributed by atoms with Crippen LogP contribution in [-0.4, -0.2) is 49.9 Å². The number of amides is 1. The fourth-order valence-corrected chi connectivity index (χ4v) is 4.36. The number of benzene rings is 1. The molecule has 1 amide bonds.